The molecule has 7 heteroatoms. The highest BCUT2D eigenvalue weighted by molar-refractivity contribution is 7.99. The summed E-state index contributed by atoms with van der Waals surface area (Å²) in [5, 5.41) is 2.80. The van der Waals surface area contributed by atoms with Crippen LogP contribution in [0.3, 0.4) is 0 Å². The van der Waals surface area contributed by atoms with Crippen molar-refractivity contribution in [1.29, 1.82) is 0 Å². The number of aromatic nitrogens is 1. The smallest absolute Gasteiger partial charge is 0.368 e. The van der Waals surface area contributed by atoms with Crippen molar-refractivity contribution in [3.8, 4) is 12.3 Å². The zero-order valence-electron chi connectivity index (χ0n) is 9.22. The number of hydrogen-bond acceptors (Lipinski definition) is 3. The van der Waals surface area contributed by atoms with E-state index in [4.69, 9.17) is 18.0 Å². The maximum absolute atomic E-state index is 12.3. The fourth-order valence-corrected chi connectivity index (χ4v) is 1.84. The summed E-state index contributed by atoms with van der Waals surface area (Å²) < 4.78 is 37.0. The van der Waals surface area contributed by atoms with Gasteiger partial charge in [0.15, 0.2) is 0 Å². The number of rotatable bonds is 5. The Balaban J connectivity index is 2.56. The largest absolute Gasteiger partial charge is 0.417 e. The molecule has 1 rings (SSSR count). The molecule has 0 saturated heterocycles. The van der Waals surface area contributed by atoms with Gasteiger partial charge in [-0.2, -0.15) is 13.2 Å². The van der Waals surface area contributed by atoms with E-state index in [1.54, 1.807) is 0 Å². The van der Waals surface area contributed by atoms with E-state index in [0.29, 0.717) is 12.3 Å². The number of halogens is 4. The van der Waals surface area contributed by atoms with E-state index >= 15 is 0 Å². The summed E-state index contributed by atoms with van der Waals surface area (Å²) >= 11 is 7.25. The predicted molar refractivity (Wildman–Crippen MR) is 68.9 cm³/mol. The van der Waals surface area contributed by atoms with Crippen LogP contribution >= 0.6 is 23.4 Å². The van der Waals surface area contributed by atoms with Gasteiger partial charge < -0.3 is 5.32 Å². The van der Waals surface area contributed by atoms with Crippen LogP contribution in [-0.4, -0.2) is 23.0 Å². The second kappa shape index (κ2) is 6.76. The highest BCUT2D eigenvalue weighted by Crippen LogP contribution is 2.32. The molecule has 1 aromatic heterocycles. The van der Waals surface area contributed by atoms with Crippen LogP contribution in [0.1, 0.15) is 5.56 Å². The third-order valence-electron chi connectivity index (χ3n) is 1.89. The molecule has 0 aliphatic heterocycles. The van der Waals surface area contributed by atoms with Gasteiger partial charge >= 0.3 is 6.18 Å². The quantitative estimate of drug-likeness (QED) is 0.664. The monoisotopic (exact) mass is 294 g/mol. The number of thioether (sulfide) groups is 1. The van der Waals surface area contributed by atoms with E-state index in [1.165, 1.54) is 11.8 Å². The molecule has 0 saturated carbocycles. The second-order valence-electron chi connectivity index (χ2n) is 3.24. The van der Waals surface area contributed by atoms with Crippen LogP contribution in [0.4, 0.5) is 19.0 Å². The number of anilines is 1. The molecule has 0 aliphatic carbocycles. The van der Waals surface area contributed by atoms with Crippen LogP contribution in [0.2, 0.25) is 5.02 Å². The average molecular weight is 295 g/mol. The van der Waals surface area contributed by atoms with Crippen LogP contribution in [0.15, 0.2) is 12.3 Å². The minimum atomic E-state index is -4.43. The number of hydrogen-bond donors (Lipinski definition) is 1. The first kappa shape index (κ1) is 15.0. The Kier molecular flexibility index (Phi) is 5.63. The highest BCUT2D eigenvalue weighted by Gasteiger charge is 2.31. The van der Waals surface area contributed by atoms with E-state index in [1.807, 2.05) is 0 Å². The van der Waals surface area contributed by atoms with E-state index in [2.05, 4.69) is 16.2 Å². The molecular formula is C11H10ClF3N2S. The Hall–Kier alpha value is -1.06. The molecule has 1 N–H and O–H groups in total. The maximum Gasteiger partial charge on any atom is 0.417 e. The summed E-state index contributed by atoms with van der Waals surface area (Å²) in [6.07, 6.45) is 1.39. The highest BCUT2D eigenvalue weighted by atomic mass is 35.5. The molecule has 0 spiro atoms. The molecular weight excluding hydrogens is 285 g/mol. The van der Waals surface area contributed by atoms with E-state index in [-0.39, 0.29) is 10.8 Å². The summed E-state index contributed by atoms with van der Waals surface area (Å²) in [4.78, 5) is 3.65. The van der Waals surface area contributed by atoms with Crippen molar-refractivity contribution in [3.05, 3.63) is 22.8 Å². The van der Waals surface area contributed by atoms with Gasteiger partial charge in [-0.1, -0.05) is 17.5 Å². The van der Waals surface area contributed by atoms with Gasteiger partial charge in [-0.05, 0) is 6.07 Å². The van der Waals surface area contributed by atoms with Crippen molar-refractivity contribution in [1.82, 2.24) is 4.98 Å². The Morgan fingerprint density at radius 3 is 2.78 bits per heavy atom. The summed E-state index contributed by atoms with van der Waals surface area (Å²) in [5.41, 5.74) is -0.861. The lowest BCUT2D eigenvalue weighted by atomic mass is 10.3. The maximum atomic E-state index is 12.3. The molecule has 0 unspecified atom stereocenters. The SMILES string of the molecule is C#CCSCCNc1ncc(C(F)(F)F)cc1Cl. The molecule has 0 radical (unpaired) electrons. The zero-order valence-corrected chi connectivity index (χ0v) is 10.8. The molecule has 0 amide bonds. The minimum absolute atomic E-state index is 0.0493. The van der Waals surface area contributed by atoms with Crippen molar-refractivity contribution < 1.29 is 13.2 Å². The zero-order chi connectivity index (χ0) is 13.6. The van der Waals surface area contributed by atoms with Crippen LogP contribution in [0, 0.1) is 12.3 Å². The van der Waals surface area contributed by atoms with Gasteiger partial charge in [0.1, 0.15) is 5.82 Å². The van der Waals surface area contributed by atoms with Gasteiger partial charge in [-0.25, -0.2) is 4.98 Å². The first-order chi connectivity index (χ1) is 8.45. The molecule has 0 aliphatic rings. The van der Waals surface area contributed by atoms with E-state index in [9.17, 15) is 13.2 Å². The Morgan fingerprint density at radius 2 is 2.22 bits per heavy atom. The molecule has 0 aromatic carbocycles. The van der Waals surface area contributed by atoms with Crippen molar-refractivity contribution in [2.24, 2.45) is 0 Å². The first-order valence-corrected chi connectivity index (χ1v) is 6.46. The fourth-order valence-electron chi connectivity index (χ4n) is 1.10. The molecule has 1 heterocycles. The Morgan fingerprint density at radius 1 is 1.50 bits per heavy atom. The molecule has 0 fully saturated rings. The molecule has 0 bridgehead atoms. The number of pyridine rings is 1. The van der Waals surface area contributed by atoms with Gasteiger partial charge in [0.05, 0.1) is 16.3 Å². The number of alkyl halides is 3. The van der Waals surface area contributed by atoms with Gasteiger partial charge in [0, 0.05) is 18.5 Å². The first-order valence-electron chi connectivity index (χ1n) is 4.93. The molecule has 18 heavy (non-hydrogen) atoms. The van der Waals surface area contributed by atoms with Gasteiger partial charge in [-0.15, -0.1) is 18.2 Å². The Bertz CT molecular complexity index is 443. The van der Waals surface area contributed by atoms with Crippen LogP contribution in [0.25, 0.3) is 0 Å². The van der Waals surface area contributed by atoms with Gasteiger partial charge in [0.2, 0.25) is 0 Å². The molecule has 98 valence electrons. The number of nitrogens with zero attached hydrogens (tertiary/aromatic N) is 1. The van der Waals surface area contributed by atoms with E-state index in [0.717, 1.165) is 18.0 Å². The lowest BCUT2D eigenvalue weighted by Crippen LogP contribution is -2.09. The van der Waals surface area contributed by atoms with Gasteiger partial charge in [0.25, 0.3) is 0 Å². The standard InChI is InChI=1S/C11H10ClF3N2S/c1-2-4-18-5-3-16-10-9(12)6-8(7-17-10)11(13,14)15/h1,6-7H,3-5H2,(H,16,17). The summed E-state index contributed by atoms with van der Waals surface area (Å²) in [7, 11) is 0. The van der Waals surface area contributed by atoms with Crippen LogP contribution in [0.5, 0.6) is 0 Å². The van der Waals surface area contributed by atoms with Crippen LogP contribution in [-0.2, 0) is 6.18 Å². The predicted octanol–water partition coefficient (Wildman–Crippen LogP) is 3.53. The minimum Gasteiger partial charge on any atom is -0.368 e. The lowest BCUT2D eigenvalue weighted by molar-refractivity contribution is -0.137. The molecule has 0 atom stereocenters. The molecule has 1 aromatic rings. The van der Waals surface area contributed by atoms with Crippen molar-refractivity contribution in [3.63, 3.8) is 0 Å². The summed E-state index contributed by atoms with van der Waals surface area (Å²) in [5.74, 6) is 4.03. The lowest BCUT2D eigenvalue weighted by Gasteiger charge is -2.10. The summed E-state index contributed by atoms with van der Waals surface area (Å²) in [6, 6.07) is 0.853. The van der Waals surface area contributed by atoms with Crippen molar-refractivity contribution in [2.45, 2.75) is 6.18 Å². The van der Waals surface area contributed by atoms with Gasteiger partial charge in [-0.3, -0.25) is 0 Å². The topological polar surface area (TPSA) is 24.9 Å². The average Bonchev–Trinajstić information content (AvgIpc) is 2.29. The summed E-state index contributed by atoms with van der Waals surface area (Å²) in [6.45, 7) is 0.532. The third-order valence-corrected chi connectivity index (χ3v) is 3.04. The number of terminal acetylenes is 1. The van der Waals surface area contributed by atoms with E-state index < -0.39 is 11.7 Å². The van der Waals surface area contributed by atoms with Crippen molar-refractivity contribution in [2.75, 3.05) is 23.4 Å². The Labute approximate surface area is 112 Å². The van der Waals surface area contributed by atoms with Crippen LogP contribution < -0.4 is 5.32 Å². The second-order valence-corrected chi connectivity index (χ2v) is 4.75. The fraction of sp³-hybridized carbons (Fsp3) is 0.364. The molecule has 2 nitrogen and oxygen atoms in total. The third kappa shape index (κ3) is 4.67. The number of nitrogens with one attached hydrogen (secondary N) is 1. The van der Waals surface area contributed by atoms with Crippen molar-refractivity contribution >= 4 is 29.2 Å². The normalized spacial score (nSPS) is 11.1.